The summed E-state index contributed by atoms with van der Waals surface area (Å²) >= 11 is 0. The van der Waals surface area contributed by atoms with Gasteiger partial charge in [0.1, 0.15) is 18.5 Å². The van der Waals surface area contributed by atoms with E-state index >= 15 is 0 Å². The highest BCUT2D eigenvalue weighted by molar-refractivity contribution is 14.0. The number of aliphatic hydroxyl groups is 1. The summed E-state index contributed by atoms with van der Waals surface area (Å²) in [4.78, 5) is 3.98. The molecule has 0 radical (unpaired) electrons. The first kappa shape index (κ1) is 24.8. The number of nitrogens with one attached hydrogen (secondary N) is 1. The summed E-state index contributed by atoms with van der Waals surface area (Å²) in [5.74, 6) is 0.273. The van der Waals surface area contributed by atoms with Gasteiger partial charge in [-0.2, -0.15) is 13.2 Å². The predicted molar refractivity (Wildman–Crippen MR) is 107 cm³/mol. The fourth-order valence-corrected chi connectivity index (χ4v) is 2.04. The number of ether oxygens (including phenoxy) is 1. The molecule has 1 aromatic rings. The molecule has 0 aliphatic rings. The van der Waals surface area contributed by atoms with Gasteiger partial charge in [-0.25, -0.2) is 0 Å². The largest absolute Gasteiger partial charge is 0.491 e. The molecule has 0 aliphatic heterocycles. The Labute approximate surface area is 169 Å². The molecule has 0 saturated heterocycles. The number of guanidine groups is 1. The SMILES string of the molecule is CCCCCCNC(N)=NCC(O)COc1cccc(C(F)(F)F)c1.I. The van der Waals surface area contributed by atoms with Gasteiger partial charge in [-0.1, -0.05) is 32.3 Å². The Kier molecular flexibility index (Phi) is 12.4. The lowest BCUT2D eigenvalue weighted by Gasteiger charge is -2.13. The molecule has 4 N–H and O–H groups in total. The Morgan fingerprint density at radius 3 is 2.69 bits per heavy atom. The average Bonchev–Trinajstić information content (AvgIpc) is 2.57. The van der Waals surface area contributed by atoms with Gasteiger partial charge >= 0.3 is 6.18 Å². The molecule has 0 heterocycles. The number of alkyl halides is 3. The van der Waals surface area contributed by atoms with E-state index in [2.05, 4.69) is 17.2 Å². The number of halogens is 4. The van der Waals surface area contributed by atoms with Gasteiger partial charge in [-0.05, 0) is 24.6 Å². The molecular weight excluding hydrogens is 462 g/mol. The van der Waals surface area contributed by atoms with Crippen LogP contribution in [0.5, 0.6) is 5.75 Å². The van der Waals surface area contributed by atoms with Crippen LogP contribution in [0.15, 0.2) is 29.3 Å². The third kappa shape index (κ3) is 10.7. The molecule has 0 saturated carbocycles. The van der Waals surface area contributed by atoms with E-state index < -0.39 is 17.8 Å². The summed E-state index contributed by atoms with van der Waals surface area (Å²) in [6, 6.07) is 4.50. The topological polar surface area (TPSA) is 79.9 Å². The highest BCUT2D eigenvalue weighted by Crippen LogP contribution is 2.31. The summed E-state index contributed by atoms with van der Waals surface area (Å²) in [6.07, 6.45) is -0.962. The second-order valence-corrected chi connectivity index (χ2v) is 5.70. The van der Waals surface area contributed by atoms with Crippen LogP contribution in [0.2, 0.25) is 0 Å². The molecule has 1 rings (SSSR count). The summed E-state index contributed by atoms with van der Waals surface area (Å²) < 4.78 is 43.0. The molecule has 1 aromatic carbocycles. The van der Waals surface area contributed by atoms with E-state index in [9.17, 15) is 18.3 Å². The van der Waals surface area contributed by atoms with Crippen molar-refractivity contribution in [1.29, 1.82) is 0 Å². The first-order valence-corrected chi connectivity index (χ1v) is 8.34. The molecule has 0 fully saturated rings. The Bertz CT molecular complexity index is 542. The third-order valence-electron chi connectivity index (χ3n) is 3.41. The standard InChI is InChI=1S/C17H26F3N3O2.HI/c1-2-3-4-5-9-22-16(21)23-11-14(24)12-25-15-8-6-7-13(10-15)17(18,19)20;/h6-8,10,14,24H,2-5,9,11-12H2,1H3,(H3,21,22,23);1H. The minimum absolute atomic E-state index is 0. The van der Waals surface area contributed by atoms with Crippen LogP contribution < -0.4 is 15.8 Å². The van der Waals surface area contributed by atoms with Crippen molar-refractivity contribution in [3.8, 4) is 5.75 Å². The van der Waals surface area contributed by atoms with Gasteiger partial charge in [0.25, 0.3) is 0 Å². The van der Waals surface area contributed by atoms with Gasteiger partial charge in [0.2, 0.25) is 0 Å². The van der Waals surface area contributed by atoms with E-state index in [0.29, 0.717) is 6.54 Å². The molecule has 26 heavy (non-hydrogen) atoms. The Balaban J connectivity index is 0.00000625. The van der Waals surface area contributed by atoms with Gasteiger partial charge in [-0.15, -0.1) is 24.0 Å². The number of benzene rings is 1. The number of aliphatic imine (C=N–C) groups is 1. The number of unbranched alkanes of at least 4 members (excludes halogenated alkanes) is 3. The van der Waals surface area contributed by atoms with Crippen LogP contribution in [0.25, 0.3) is 0 Å². The molecule has 0 amide bonds. The second-order valence-electron chi connectivity index (χ2n) is 5.70. The summed E-state index contributed by atoms with van der Waals surface area (Å²) in [5.41, 5.74) is 4.88. The normalized spacial score (nSPS) is 13.0. The van der Waals surface area contributed by atoms with Crippen LogP contribution in [0.3, 0.4) is 0 Å². The maximum atomic E-state index is 12.6. The van der Waals surface area contributed by atoms with E-state index in [4.69, 9.17) is 10.5 Å². The number of hydrogen-bond donors (Lipinski definition) is 3. The zero-order valence-corrected chi connectivity index (χ0v) is 17.1. The van der Waals surface area contributed by atoms with Crippen LogP contribution in [0, 0.1) is 0 Å². The van der Waals surface area contributed by atoms with E-state index in [1.165, 1.54) is 18.6 Å². The predicted octanol–water partition coefficient (Wildman–Crippen LogP) is 3.55. The third-order valence-corrected chi connectivity index (χ3v) is 3.41. The molecule has 150 valence electrons. The number of rotatable bonds is 10. The molecule has 1 atom stereocenters. The lowest BCUT2D eigenvalue weighted by Crippen LogP contribution is -2.34. The summed E-state index contributed by atoms with van der Waals surface area (Å²) in [5, 5.41) is 12.7. The number of hydrogen-bond acceptors (Lipinski definition) is 3. The van der Waals surface area contributed by atoms with Crippen molar-refractivity contribution in [1.82, 2.24) is 5.32 Å². The molecule has 0 aromatic heterocycles. The van der Waals surface area contributed by atoms with Gasteiger partial charge < -0.3 is 20.9 Å². The van der Waals surface area contributed by atoms with Crippen molar-refractivity contribution in [2.24, 2.45) is 10.7 Å². The van der Waals surface area contributed by atoms with Crippen LogP contribution in [0.1, 0.15) is 38.2 Å². The number of aliphatic hydroxyl groups excluding tert-OH is 1. The van der Waals surface area contributed by atoms with Crippen LogP contribution in [-0.4, -0.2) is 36.9 Å². The Morgan fingerprint density at radius 2 is 2.04 bits per heavy atom. The monoisotopic (exact) mass is 489 g/mol. The quantitative estimate of drug-likeness (QED) is 0.203. The van der Waals surface area contributed by atoms with Crippen LogP contribution >= 0.6 is 24.0 Å². The molecule has 5 nitrogen and oxygen atoms in total. The number of nitrogens with zero attached hydrogens (tertiary/aromatic N) is 1. The fraction of sp³-hybridized carbons (Fsp3) is 0.588. The maximum absolute atomic E-state index is 12.6. The molecule has 1 unspecified atom stereocenters. The lowest BCUT2D eigenvalue weighted by atomic mass is 10.2. The minimum Gasteiger partial charge on any atom is -0.491 e. The van der Waals surface area contributed by atoms with E-state index in [1.807, 2.05) is 0 Å². The summed E-state index contributed by atoms with van der Waals surface area (Å²) in [6.45, 7) is 2.68. The zero-order valence-electron chi connectivity index (χ0n) is 14.8. The zero-order chi connectivity index (χ0) is 18.7. The van der Waals surface area contributed by atoms with E-state index in [0.717, 1.165) is 31.4 Å². The molecule has 0 spiro atoms. The first-order valence-electron chi connectivity index (χ1n) is 8.34. The molecule has 0 bridgehead atoms. The Morgan fingerprint density at radius 1 is 1.31 bits per heavy atom. The molecule has 9 heteroatoms. The van der Waals surface area contributed by atoms with Crippen molar-refractivity contribution in [2.75, 3.05) is 19.7 Å². The van der Waals surface area contributed by atoms with Gasteiger partial charge in [0.15, 0.2) is 5.96 Å². The highest BCUT2D eigenvalue weighted by Gasteiger charge is 2.30. The van der Waals surface area contributed by atoms with Crippen LogP contribution in [-0.2, 0) is 6.18 Å². The van der Waals surface area contributed by atoms with Gasteiger partial charge in [0.05, 0.1) is 12.1 Å². The van der Waals surface area contributed by atoms with Crippen molar-refractivity contribution in [3.05, 3.63) is 29.8 Å². The first-order chi connectivity index (χ1) is 11.8. The number of nitrogens with two attached hydrogens (primary N) is 1. The van der Waals surface area contributed by atoms with Crippen molar-refractivity contribution in [3.63, 3.8) is 0 Å². The lowest BCUT2D eigenvalue weighted by molar-refractivity contribution is -0.137. The van der Waals surface area contributed by atoms with Gasteiger partial charge in [-0.3, -0.25) is 4.99 Å². The Hall–Kier alpha value is -1.23. The van der Waals surface area contributed by atoms with E-state index in [1.54, 1.807) is 0 Å². The minimum atomic E-state index is -4.43. The maximum Gasteiger partial charge on any atom is 0.416 e. The smallest absolute Gasteiger partial charge is 0.416 e. The molecule has 0 aliphatic carbocycles. The van der Waals surface area contributed by atoms with Crippen LogP contribution in [0.4, 0.5) is 13.2 Å². The molecular formula is C17H27F3IN3O2. The highest BCUT2D eigenvalue weighted by atomic mass is 127. The average molecular weight is 489 g/mol. The van der Waals surface area contributed by atoms with Crippen molar-refractivity contribution in [2.45, 2.75) is 44.9 Å². The fourth-order valence-electron chi connectivity index (χ4n) is 2.04. The second kappa shape index (κ2) is 13.0. The summed E-state index contributed by atoms with van der Waals surface area (Å²) in [7, 11) is 0. The van der Waals surface area contributed by atoms with Crippen molar-refractivity contribution >= 4 is 29.9 Å². The van der Waals surface area contributed by atoms with Gasteiger partial charge in [0, 0.05) is 6.54 Å². The van der Waals surface area contributed by atoms with E-state index in [-0.39, 0.29) is 48.8 Å². The van der Waals surface area contributed by atoms with Crippen molar-refractivity contribution < 1.29 is 23.0 Å².